The molecule has 0 saturated carbocycles. The van der Waals surface area contributed by atoms with Crippen LogP contribution in [0.25, 0.3) is 10.9 Å². The molecule has 5 heteroatoms. The van der Waals surface area contributed by atoms with E-state index in [-0.39, 0.29) is 0 Å². The number of nitrogens with one attached hydrogen (secondary N) is 1. The highest BCUT2D eigenvalue weighted by Gasteiger charge is 2.03. The number of benzene rings is 1. The molecule has 0 aliphatic rings. The minimum Gasteiger partial charge on any atom is -0.370 e. The maximum atomic E-state index is 5.83. The van der Waals surface area contributed by atoms with Gasteiger partial charge in [-0.15, -0.1) is 0 Å². The minimum atomic E-state index is 0.452. The maximum absolute atomic E-state index is 5.83. The lowest BCUT2D eigenvalue weighted by Crippen LogP contribution is -2.06. The molecule has 2 aromatic heterocycles. The molecule has 2 heterocycles. The second-order valence-corrected chi connectivity index (χ2v) is 5.07. The van der Waals surface area contributed by atoms with Crippen molar-refractivity contribution >= 4 is 28.3 Å². The summed E-state index contributed by atoms with van der Waals surface area (Å²) in [6, 6.07) is 10.3. The van der Waals surface area contributed by atoms with Crippen LogP contribution in [0.3, 0.4) is 0 Å². The SMILES string of the molecule is Cn1ccc2c(CCNc3cc(Cl)ncn3)cccc21. The predicted molar refractivity (Wildman–Crippen MR) is 82.2 cm³/mol. The Hall–Kier alpha value is -2.07. The Labute approximate surface area is 122 Å². The molecule has 4 nitrogen and oxygen atoms in total. The third-order valence-corrected chi connectivity index (χ3v) is 3.56. The van der Waals surface area contributed by atoms with Crippen molar-refractivity contribution in [3.8, 4) is 0 Å². The van der Waals surface area contributed by atoms with Crippen molar-refractivity contribution < 1.29 is 0 Å². The van der Waals surface area contributed by atoms with Crippen LogP contribution in [0.4, 0.5) is 5.82 Å². The van der Waals surface area contributed by atoms with E-state index in [1.807, 2.05) is 0 Å². The lowest BCUT2D eigenvalue weighted by molar-refractivity contribution is 0.967. The molecule has 3 aromatic rings. The van der Waals surface area contributed by atoms with Crippen LogP contribution in [0, 0.1) is 0 Å². The van der Waals surface area contributed by atoms with Gasteiger partial charge >= 0.3 is 0 Å². The summed E-state index contributed by atoms with van der Waals surface area (Å²) >= 11 is 5.83. The molecule has 0 atom stereocenters. The van der Waals surface area contributed by atoms with Crippen LogP contribution >= 0.6 is 11.6 Å². The summed E-state index contributed by atoms with van der Waals surface area (Å²) in [6.07, 6.45) is 4.48. The molecule has 0 spiro atoms. The largest absolute Gasteiger partial charge is 0.370 e. The summed E-state index contributed by atoms with van der Waals surface area (Å²) in [5.74, 6) is 0.755. The van der Waals surface area contributed by atoms with Crippen molar-refractivity contribution in [3.63, 3.8) is 0 Å². The lowest BCUT2D eigenvalue weighted by atomic mass is 10.1. The Bertz CT molecular complexity index is 736. The number of aromatic nitrogens is 3. The molecule has 0 unspecified atom stereocenters. The molecule has 20 heavy (non-hydrogen) atoms. The van der Waals surface area contributed by atoms with E-state index in [1.165, 1.54) is 22.8 Å². The topological polar surface area (TPSA) is 42.7 Å². The Balaban J connectivity index is 1.71. The third-order valence-electron chi connectivity index (χ3n) is 3.35. The van der Waals surface area contributed by atoms with Crippen LogP contribution in [0.1, 0.15) is 5.56 Å². The van der Waals surface area contributed by atoms with Crippen LogP contribution in [0.2, 0.25) is 5.15 Å². The van der Waals surface area contributed by atoms with Gasteiger partial charge in [0.05, 0.1) is 0 Å². The molecule has 1 N–H and O–H groups in total. The normalized spacial score (nSPS) is 10.9. The fraction of sp³-hybridized carbons (Fsp3) is 0.200. The van der Waals surface area contributed by atoms with E-state index in [0.717, 1.165) is 18.8 Å². The van der Waals surface area contributed by atoms with Gasteiger partial charge in [0.15, 0.2) is 0 Å². The zero-order chi connectivity index (χ0) is 13.9. The van der Waals surface area contributed by atoms with E-state index in [2.05, 4.69) is 57.4 Å². The molecule has 1 aromatic carbocycles. The Morgan fingerprint density at radius 2 is 2.15 bits per heavy atom. The second-order valence-electron chi connectivity index (χ2n) is 4.68. The van der Waals surface area contributed by atoms with E-state index >= 15 is 0 Å². The van der Waals surface area contributed by atoms with Gasteiger partial charge in [-0.25, -0.2) is 9.97 Å². The highest BCUT2D eigenvalue weighted by atomic mass is 35.5. The van der Waals surface area contributed by atoms with Crippen molar-refractivity contribution in [2.45, 2.75) is 6.42 Å². The van der Waals surface area contributed by atoms with Crippen LogP contribution in [0.5, 0.6) is 0 Å². The number of fused-ring (bicyclic) bond motifs is 1. The first kappa shape index (κ1) is 12.9. The summed E-state index contributed by atoms with van der Waals surface area (Å²) < 4.78 is 2.14. The Kier molecular flexibility index (Phi) is 3.56. The van der Waals surface area contributed by atoms with Crippen LogP contribution < -0.4 is 5.32 Å². The van der Waals surface area contributed by atoms with Crippen molar-refractivity contribution in [1.29, 1.82) is 0 Å². The Morgan fingerprint density at radius 3 is 3.00 bits per heavy atom. The lowest BCUT2D eigenvalue weighted by Gasteiger charge is -2.07. The zero-order valence-electron chi connectivity index (χ0n) is 11.2. The van der Waals surface area contributed by atoms with Crippen molar-refractivity contribution in [1.82, 2.24) is 14.5 Å². The van der Waals surface area contributed by atoms with Crippen LogP contribution in [-0.2, 0) is 13.5 Å². The van der Waals surface area contributed by atoms with Gasteiger partial charge in [-0.3, -0.25) is 0 Å². The van der Waals surface area contributed by atoms with Gasteiger partial charge < -0.3 is 9.88 Å². The van der Waals surface area contributed by atoms with E-state index in [1.54, 1.807) is 6.07 Å². The fourth-order valence-corrected chi connectivity index (χ4v) is 2.49. The summed E-state index contributed by atoms with van der Waals surface area (Å²) in [6.45, 7) is 0.807. The van der Waals surface area contributed by atoms with Gasteiger partial charge in [0.2, 0.25) is 0 Å². The number of nitrogens with zero attached hydrogens (tertiary/aromatic N) is 3. The quantitative estimate of drug-likeness (QED) is 0.749. The van der Waals surface area contributed by atoms with Crippen molar-refractivity contribution in [2.75, 3.05) is 11.9 Å². The van der Waals surface area contributed by atoms with Gasteiger partial charge in [0.1, 0.15) is 17.3 Å². The molecule has 102 valence electrons. The molecular formula is C15H15ClN4. The highest BCUT2D eigenvalue weighted by molar-refractivity contribution is 6.29. The Morgan fingerprint density at radius 1 is 1.25 bits per heavy atom. The second kappa shape index (κ2) is 5.51. The van der Waals surface area contributed by atoms with E-state index < -0.39 is 0 Å². The number of halogens is 1. The molecule has 0 bridgehead atoms. The van der Waals surface area contributed by atoms with E-state index in [0.29, 0.717) is 5.15 Å². The van der Waals surface area contributed by atoms with Crippen LogP contribution in [-0.4, -0.2) is 21.1 Å². The first-order valence-electron chi connectivity index (χ1n) is 6.48. The number of anilines is 1. The summed E-state index contributed by atoms with van der Waals surface area (Å²) in [5.41, 5.74) is 2.59. The zero-order valence-corrected chi connectivity index (χ0v) is 11.9. The summed E-state index contributed by atoms with van der Waals surface area (Å²) in [4.78, 5) is 7.99. The molecule has 0 radical (unpaired) electrons. The number of hydrogen-bond acceptors (Lipinski definition) is 3. The number of aryl methyl sites for hydroxylation is 1. The standard InChI is InChI=1S/C15H15ClN4/c1-20-8-6-12-11(3-2-4-13(12)20)5-7-17-15-9-14(16)18-10-19-15/h2-4,6,8-10H,5,7H2,1H3,(H,17,18,19). The van der Waals surface area contributed by atoms with Gasteiger partial charge in [-0.2, -0.15) is 0 Å². The molecule has 0 amide bonds. The highest BCUT2D eigenvalue weighted by Crippen LogP contribution is 2.20. The van der Waals surface area contributed by atoms with E-state index in [4.69, 9.17) is 11.6 Å². The van der Waals surface area contributed by atoms with Gasteiger partial charge in [-0.1, -0.05) is 23.7 Å². The maximum Gasteiger partial charge on any atom is 0.134 e. The molecule has 0 saturated heterocycles. The number of rotatable bonds is 4. The smallest absolute Gasteiger partial charge is 0.134 e. The third kappa shape index (κ3) is 2.60. The molecule has 3 rings (SSSR count). The first-order chi connectivity index (χ1) is 9.74. The molecule has 0 aliphatic heterocycles. The average molecular weight is 287 g/mol. The number of hydrogen-bond donors (Lipinski definition) is 1. The first-order valence-corrected chi connectivity index (χ1v) is 6.86. The molecule has 0 fully saturated rings. The van der Waals surface area contributed by atoms with E-state index in [9.17, 15) is 0 Å². The monoisotopic (exact) mass is 286 g/mol. The molecular weight excluding hydrogens is 272 g/mol. The van der Waals surface area contributed by atoms with Crippen molar-refractivity contribution in [3.05, 3.63) is 53.6 Å². The van der Waals surface area contributed by atoms with Gasteiger partial charge in [0, 0.05) is 36.8 Å². The average Bonchev–Trinajstić information content (AvgIpc) is 2.82. The fourth-order valence-electron chi connectivity index (χ4n) is 2.34. The predicted octanol–water partition coefficient (Wildman–Crippen LogP) is 3.28. The van der Waals surface area contributed by atoms with Gasteiger partial charge in [-0.05, 0) is 24.1 Å². The van der Waals surface area contributed by atoms with Crippen molar-refractivity contribution in [2.24, 2.45) is 7.05 Å². The molecule has 0 aliphatic carbocycles. The van der Waals surface area contributed by atoms with Gasteiger partial charge in [0.25, 0.3) is 0 Å². The van der Waals surface area contributed by atoms with Crippen LogP contribution in [0.15, 0.2) is 42.9 Å². The summed E-state index contributed by atoms with van der Waals surface area (Å²) in [5, 5.41) is 5.02. The minimum absolute atomic E-state index is 0.452. The summed E-state index contributed by atoms with van der Waals surface area (Å²) in [7, 11) is 2.06.